The molecular formula is C23H47NO2. The van der Waals surface area contributed by atoms with Crippen molar-refractivity contribution in [3.63, 3.8) is 0 Å². The van der Waals surface area contributed by atoms with E-state index in [-0.39, 0.29) is 6.04 Å². The molecule has 0 fully saturated rings. The van der Waals surface area contributed by atoms with Crippen molar-refractivity contribution in [1.29, 1.82) is 0 Å². The Balaban J connectivity index is 3.80. The first kappa shape index (κ1) is 25.4. The molecule has 26 heavy (non-hydrogen) atoms. The van der Waals surface area contributed by atoms with E-state index in [1.807, 2.05) is 6.92 Å². The average molecular weight is 370 g/mol. The van der Waals surface area contributed by atoms with Gasteiger partial charge in [0.05, 0.1) is 0 Å². The van der Waals surface area contributed by atoms with E-state index in [1.165, 1.54) is 89.9 Å². The third kappa shape index (κ3) is 15.7. The molecule has 0 aromatic heterocycles. The molecule has 0 aliphatic carbocycles. The first-order chi connectivity index (χ1) is 12.6. The maximum absolute atomic E-state index is 11.4. The van der Waals surface area contributed by atoms with Gasteiger partial charge in [-0.15, -0.1) is 0 Å². The van der Waals surface area contributed by atoms with Crippen molar-refractivity contribution < 1.29 is 9.90 Å². The number of unbranched alkanes of at least 4 members (excludes halogenated alkanes) is 14. The number of hydrogen-bond donors (Lipinski definition) is 1. The molecule has 0 radical (unpaired) electrons. The Kier molecular flexibility index (Phi) is 18.8. The van der Waals surface area contributed by atoms with Crippen molar-refractivity contribution in [2.75, 3.05) is 13.1 Å². The van der Waals surface area contributed by atoms with Gasteiger partial charge in [0.1, 0.15) is 6.04 Å². The minimum Gasteiger partial charge on any atom is -0.480 e. The van der Waals surface area contributed by atoms with Crippen LogP contribution in [-0.4, -0.2) is 35.1 Å². The van der Waals surface area contributed by atoms with Gasteiger partial charge in [0, 0.05) is 0 Å². The van der Waals surface area contributed by atoms with Crippen molar-refractivity contribution in [2.45, 2.75) is 130 Å². The Morgan fingerprint density at radius 3 is 1.27 bits per heavy atom. The summed E-state index contributed by atoms with van der Waals surface area (Å²) in [6.45, 7) is 8.24. The molecule has 1 N–H and O–H groups in total. The summed E-state index contributed by atoms with van der Waals surface area (Å²) in [4.78, 5) is 13.6. The third-order valence-corrected chi connectivity index (χ3v) is 5.50. The first-order valence-corrected chi connectivity index (χ1v) is 11.6. The minimum absolute atomic E-state index is 0.343. The molecule has 0 amide bonds. The topological polar surface area (TPSA) is 40.5 Å². The van der Waals surface area contributed by atoms with E-state index in [0.717, 1.165) is 25.9 Å². The average Bonchev–Trinajstić information content (AvgIpc) is 2.63. The van der Waals surface area contributed by atoms with Crippen LogP contribution in [0.2, 0.25) is 0 Å². The molecule has 1 unspecified atom stereocenters. The van der Waals surface area contributed by atoms with Crippen LogP contribution >= 0.6 is 0 Å². The Labute approximate surface area is 163 Å². The van der Waals surface area contributed by atoms with Crippen LogP contribution in [0.15, 0.2) is 0 Å². The van der Waals surface area contributed by atoms with Crippen LogP contribution in [0.4, 0.5) is 0 Å². The van der Waals surface area contributed by atoms with Crippen LogP contribution in [0, 0.1) is 0 Å². The number of carbonyl (C=O) groups is 1. The predicted octanol–water partition coefficient (Wildman–Crippen LogP) is 7.04. The van der Waals surface area contributed by atoms with E-state index in [2.05, 4.69) is 18.7 Å². The molecule has 0 saturated carbocycles. The second kappa shape index (κ2) is 19.2. The molecule has 0 rings (SSSR count). The fourth-order valence-corrected chi connectivity index (χ4v) is 3.55. The number of aliphatic carboxylic acids is 1. The highest BCUT2D eigenvalue weighted by atomic mass is 16.4. The highest BCUT2D eigenvalue weighted by Gasteiger charge is 2.19. The quantitative estimate of drug-likeness (QED) is 0.234. The summed E-state index contributed by atoms with van der Waals surface area (Å²) in [5.74, 6) is -0.677. The zero-order valence-corrected chi connectivity index (χ0v) is 18.1. The monoisotopic (exact) mass is 369 g/mol. The summed E-state index contributed by atoms with van der Waals surface area (Å²) >= 11 is 0. The van der Waals surface area contributed by atoms with Crippen molar-refractivity contribution in [2.24, 2.45) is 0 Å². The van der Waals surface area contributed by atoms with E-state index >= 15 is 0 Å². The molecule has 0 aromatic carbocycles. The zero-order chi connectivity index (χ0) is 19.5. The van der Waals surface area contributed by atoms with Gasteiger partial charge in [-0.3, -0.25) is 9.69 Å². The maximum Gasteiger partial charge on any atom is 0.320 e. The van der Waals surface area contributed by atoms with Gasteiger partial charge in [-0.25, -0.2) is 0 Å². The van der Waals surface area contributed by atoms with Gasteiger partial charge < -0.3 is 5.11 Å². The zero-order valence-electron chi connectivity index (χ0n) is 18.1. The molecule has 0 bridgehead atoms. The van der Waals surface area contributed by atoms with E-state index in [0.29, 0.717) is 0 Å². The summed E-state index contributed by atoms with van der Waals surface area (Å²) in [7, 11) is 0. The van der Waals surface area contributed by atoms with Crippen LogP contribution in [0.3, 0.4) is 0 Å². The Bertz CT molecular complexity index is 287. The van der Waals surface area contributed by atoms with E-state index in [1.54, 1.807) is 0 Å². The summed E-state index contributed by atoms with van der Waals surface area (Å²) in [5.41, 5.74) is 0. The van der Waals surface area contributed by atoms with Crippen LogP contribution in [-0.2, 0) is 4.79 Å². The van der Waals surface area contributed by atoms with E-state index in [4.69, 9.17) is 0 Å². The molecule has 0 aliphatic heterocycles. The van der Waals surface area contributed by atoms with Gasteiger partial charge in [-0.2, -0.15) is 0 Å². The summed E-state index contributed by atoms with van der Waals surface area (Å²) in [5, 5.41) is 9.36. The highest BCUT2D eigenvalue weighted by molar-refractivity contribution is 5.72. The number of carboxylic acid groups (broad SMARTS) is 1. The Morgan fingerprint density at radius 2 is 0.962 bits per heavy atom. The largest absolute Gasteiger partial charge is 0.480 e. The number of nitrogens with zero attached hydrogens (tertiary/aromatic N) is 1. The van der Waals surface area contributed by atoms with Gasteiger partial charge in [-0.1, -0.05) is 104 Å². The van der Waals surface area contributed by atoms with Gasteiger partial charge in [0.15, 0.2) is 0 Å². The molecule has 0 saturated heterocycles. The van der Waals surface area contributed by atoms with E-state index < -0.39 is 5.97 Å². The first-order valence-electron chi connectivity index (χ1n) is 11.6. The maximum atomic E-state index is 11.4. The summed E-state index contributed by atoms with van der Waals surface area (Å²) in [6.07, 6.45) is 20.9. The van der Waals surface area contributed by atoms with Gasteiger partial charge in [0.2, 0.25) is 0 Å². The van der Waals surface area contributed by atoms with Crippen molar-refractivity contribution in [1.82, 2.24) is 4.90 Å². The third-order valence-electron chi connectivity index (χ3n) is 5.50. The SMILES string of the molecule is CCCCCCCCCCN(CCCCCCCCCC)C(C)C(=O)O. The van der Waals surface area contributed by atoms with Gasteiger partial charge in [0.25, 0.3) is 0 Å². The normalized spacial score (nSPS) is 12.6. The van der Waals surface area contributed by atoms with Crippen LogP contribution < -0.4 is 0 Å². The van der Waals surface area contributed by atoms with Gasteiger partial charge in [-0.05, 0) is 32.9 Å². The number of carboxylic acids is 1. The van der Waals surface area contributed by atoms with E-state index in [9.17, 15) is 9.90 Å². The fraction of sp³-hybridized carbons (Fsp3) is 0.957. The van der Waals surface area contributed by atoms with Crippen molar-refractivity contribution in [3.05, 3.63) is 0 Å². The smallest absolute Gasteiger partial charge is 0.320 e. The molecule has 0 spiro atoms. The lowest BCUT2D eigenvalue weighted by atomic mass is 10.1. The predicted molar refractivity (Wildman–Crippen MR) is 114 cm³/mol. The molecular weight excluding hydrogens is 322 g/mol. The number of hydrogen-bond acceptors (Lipinski definition) is 2. The van der Waals surface area contributed by atoms with Gasteiger partial charge >= 0.3 is 5.97 Å². The molecule has 0 aliphatic rings. The molecule has 1 atom stereocenters. The Morgan fingerprint density at radius 1 is 0.654 bits per heavy atom. The summed E-state index contributed by atoms with van der Waals surface area (Å²) in [6, 6.07) is -0.343. The molecule has 156 valence electrons. The second-order valence-electron chi connectivity index (χ2n) is 8.00. The molecule has 0 aromatic rings. The van der Waals surface area contributed by atoms with Crippen LogP contribution in [0.25, 0.3) is 0 Å². The lowest BCUT2D eigenvalue weighted by molar-refractivity contribution is -0.142. The van der Waals surface area contributed by atoms with Crippen molar-refractivity contribution in [3.8, 4) is 0 Å². The van der Waals surface area contributed by atoms with Crippen LogP contribution in [0.5, 0.6) is 0 Å². The number of rotatable bonds is 20. The second-order valence-corrected chi connectivity index (χ2v) is 8.00. The molecule has 3 nitrogen and oxygen atoms in total. The Hall–Kier alpha value is -0.570. The lowest BCUT2D eigenvalue weighted by Gasteiger charge is -2.26. The standard InChI is InChI=1S/C23H47NO2/c1-4-6-8-10-12-14-16-18-20-24(22(3)23(25)26)21-19-17-15-13-11-9-7-5-2/h22H,4-21H2,1-3H3,(H,25,26). The van der Waals surface area contributed by atoms with Crippen molar-refractivity contribution >= 4 is 5.97 Å². The molecule has 0 heterocycles. The molecule has 3 heteroatoms. The minimum atomic E-state index is -0.677. The lowest BCUT2D eigenvalue weighted by Crippen LogP contribution is -2.40. The summed E-state index contributed by atoms with van der Waals surface area (Å²) < 4.78 is 0. The fourth-order valence-electron chi connectivity index (χ4n) is 3.55. The highest BCUT2D eigenvalue weighted by Crippen LogP contribution is 2.12. The van der Waals surface area contributed by atoms with Crippen LogP contribution in [0.1, 0.15) is 124 Å².